The average molecular weight is 285 g/mol. The van der Waals surface area contributed by atoms with Crippen LogP contribution in [0.15, 0.2) is 28.7 Å². The van der Waals surface area contributed by atoms with Gasteiger partial charge < -0.3 is 0 Å². The lowest BCUT2D eigenvalue weighted by molar-refractivity contribution is 0.333. The summed E-state index contributed by atoms with van der Waals surface area (Å²) in [5.74, 6) is 5.63. The molecule has 0 aliphatic heterocycles. The van der Waals surface area contributed by atoms with E-state index in [1.807, 2.05) is 12.1 Å². The molecule has 3 heteroatoms. The Kier molecular flexibility index (Phi) is 4.96. The second-order valence-corrected chi connectivity index (χ2v) is 6.19. The maximum atomic E-state index is 5.63. The van der Waals surface area contributed by atoms with E-state index in [2.05, 4.69) is 54.3 Å². The van der Waals surface area contributed by atoms with Gasteiger partial charge in [0.2, 0.25) is 0 Å². The van der Waals surface area contributed by atoms with Crippen molar-refractivity contribution < 1.29 is 0 Å². The van der Waals surface area contributed by atoms with Gasteiger partial charge in [-0.05, 0) is 29.9 Å². The number of nitrogens with one attached hydrogen (secondary N) is 1. The van der Waals surface area contributed by atoms with Crippen molar-refractivity contribution in [2.75, 3.05) is 0 Å². The van der Waals surface area contributed by atoms with Crippen molar-refractivity contribution in [1.29, 1.82) is 0 Å². The third kappa shape index (κ3) is 4.24. The third-order valence-electron chi connectivity index (χ3n) is 2.66. The van der Waals surface area contributed by atoms with Gasteiger partial charge in [0.25, 0.3) is 0 Å². The Labute approximate surface area is 107 Å². The van der Waals surface area contributed by atoms with Crippen LogP contribution in [0.4, 0.5) is 0 Å². The van der Waals surface area contributed by atoms with Gasteiger partial charge in [-0.15, -0.1) is 0 Å². The first-order valence-corrected chi connectivity index (χ1v) is 6.44. The highest BCUT2D eigenvalue weighted by molar-refractivity contribution is 9.10. The van der Waals surface area contributed by atoms with E-state index in [9.17, 15) is 0 Å². The van der Waals surface area contributed by atoms with Crippen molar-refractivity contribution in [1.82, 2.24) is 5.43 Å². The van der Waals surface area contributed by atoms with Crippen LogP contribution in [0.1, 0.15) is 45.2 Å². The number of halogens is 1. The molecule has 0 saturated heterocycles. The van der Waals surface area contributed by atoms with Crippen LogP contribution in [0.25, 0.3) is 0 Å². The number of benzene rings is 1. The second-order valence-electron chi connectivity index (χ2n) is 5.34. The summed E-state index contributed by atoms with van der Waals surface area (Å²) < 4.78 is 1.12. The number of nitrogens with two attached hydrogens (primary N) is 1. The molecule has 1 rings (SSSR count). The highest BCUT2D eigenvalue weighted by atomic mass is 79.9. The standard InChI is InChI=1S/C13H21BrN2/c1-13(2,3)9-8-12(16-15)10-6-4-5-7-11(10)14/h4-7,12,16H,8-9,15H2,1-3H3. The molecule has 0 saturated carbocycles. The molecule has 0 amide bonds. The van der Waals surface area contributed by atoms with Crippen molar-refractivity contribution in [3.8, 4) is 0 Å². The molecule has 1 unspecified atom stereocenters. The lowest BCUT2D eigenvalue weighted by Crippen LogP contribution is -2.29. The maximum absolute atomic E-state index is 5.63. The van der Waals surface area contributed by atoms with E-state index >= 15 is 0 Å². The van der Waals surface area contributed by atoms with Crippen LogP contribution < -0.4 is 11.3 Å². The van der Waals surface area contributed by atoms with Crippen molar-refractivity contribution in [2.24, 2.45) is 11.3 Å². The summed E-state index contributed by atoms with van der Waals surface area (Å²) in [6.07, 6.45) is 2.19. The van der Waals surface area contributed by atoms with Crippen LogP contribution in [0, 0.1) is 5.41 Å². The molecule has 90 valence electrons. The number of rotatable bonds is 4. The molecule has 0 aromatic heterocycles. The number of hydrogen-bond donors (Lipinski definition) is 2. The van der Waals surface area contributed by atoms with Crippen LogP contribution in [-0.2, 0) is 0 Å². The Morgan fingerprint density at radius 1 is 1.31 bits per heavy atom. The van der Waals surface area contributed by atoms with Gasteiger partial charge in [0, 0.05) is 10.5 Å². The predicted octanol–water partition coefficient (Wildman–Crippen LogP) is 3.78. The van der Waals surface area contributed by atoms with E-state index in [-0.39, 0.29) is 6.04 Å². The minimum atomic E-state index is 0.217. The van der Waals surface area contributed by atoms with Crippen LogP contribution in [0.2, 0.25) is 0 Å². The first kappa shape index (κ1) is 13.7. The Hall–Kier alpha value is -0.380. The Morgan fingerprint density at radius 3 is 2.44 bits per heavy atom. The van der Waals surface area contributed by atoms with E-state index in [1.54, 1.807) is 0 Å². The van der Waals surface area contributed by atoms with Gasteiger partial charge in [-0.3, -0.25) is 11.3 Å². The summed E-state index contributed by atoms with van der Waals surface area (Å²) >= 11 is 3.56. The molecule has 0 fully saturated rings. The molecule has 3 N–H and O–H groups in total. The van der Waals surface area contributed by atoms with Crippen LogP contribution in [0.3, 0.4) is 0 Å². The normalized spacial score (nSPS) is 13.8. The molecular formula is C13H21BrN2. The van der Waals surface area contributed by atoms with Gasteiger partial charge in [0.05, 0.1) is 0 Å². The highest BCUT2D eigenvalue weighted by Crippen LogP contribution is 2.30. The van der Waals surface area contributed by atoms with Gasteiger partial charge in [0.15, 0.2) is 0 Å². The number of hydrazine groups is 1. The zero-order valence-corrected chi connectivity index (χ0v) is 11.8. The fourth-order valence-corrected chi connectivity index (χ4v) is 2.22. The average Bonchev–Trinajstić information content (AvgIpc) is 2.20. The van der Waals surface area contributed by atoms with Gasteiger partial charge in [-0.2, -0.15) is 0 Å². The third-order valence-corrected chi connectivity index (χ3v) is 3.39. The smallest absolute Gasteiger partial charge is 0.0471 e. The largest absolute Gasteiger partial charge is 0.271 e. The first-order valence-electron chi connectivity index (χ1n) is 5.64. The number of hydrogen-bond acceptors (Lipinski definition) is 2. The molecule has 0 aliphatic carbocycles. The fraction of sp³-hybridized carbons (Fsp3) is 0.538. The lowest BCUT2D eigenvalue weighted by Gasteiger charge is -2.23. The van der Waals surface area contributed by atoms with E-state index in [0.29, 0.717) is 5.41 Å². The Balaban J connectivity index is 2.72. The highest BCUT2D eigenvalue weighted by Gasteiger charge is 2.17. The van der Waals surface area contributed by atoms with Crippen molar-refractivity contribution in [2.45, 2.75) is 39.7 Å². The van der Waals surface area contributed by atoms with Crippen molar-refractivity contribution in [3.63, 3.8) is 0 Å². The molecule has 0 radical (unpaired) electrons. The van der Waals surface area contributed by atoms with Crippen molar-refractivity contribution >= 4 is 15.9 Å². The minimum Gasteiger partial charge on any atom is -0.271 e. The molecule has 16 heavy (non-hydrogen) atoms. The van der Waals surface area contributed by atoms with Crippen LogP contribution in [0.5, 0.6) is 0 Å². The van der Waals surface area contributed by atoms with E-state index in [4.69, 9.17) is 5.84 Å². The van der Waals surface area contributed by atoms with E-state index in [0.717, 1.165) is 17.3 Å². The maximum Gasteiger partial charge on any atom is 0.0471 e. The summed E-state index contributed by atoms with van der Waals surface area (Å²) in [6, 6.07) is 8.44. The zero-order chi connectivity index (χ0) is 12.2. The summed E-state index contributed by atoms with van der Waals surface area (Å²) in [5, 5.41) is 0. The van der Waals surface area contributed by atoms with Crippen LogP contribution >= 0.6 is 15.9 Å². The Bertz CT molecular complexity index is 331. The molecule has 1 aromatic rings. The molecule has 0 aliphatic rings. The summed E-state index contributed by atoms with van der Waals surface area (Å²) in [5.41, 5.74) is 4.48. The fourth-order valence-electron chi connectivity index (χ4n) is 1.66. The molecule has 1 atom stereocenters. The van der Waals surface area contributed by atoms with Crippen molar-refractivity contribution in [3.05, 3.63) is 34.3 Å². The van der Waals surface area contributed by atoms with Crippen LogP contribution in [-0.4, -0.2) is 0 Å². The minimum absolute atomic E-state index is 0.217. The molecule has 0 bridgehead atoms. The molecule has 2 nitrogen and oxygen atoms in total. The van der Waals surface area contributed by atoms with E-state index in [1.165, 1.54) is 5.56 Å². The molecule has 0 heterocycles. The van der Waals surface area contributed by atoms with E-state index < -0.39 is 0 Å². The summed E-state index contributed by atoms with van der Waals surface area (Å²) in [4.78, 5) is 0. The predicted molar refractivity (Wildman–Crippen MR) is 72.9 cm³/mol. The zero-order valence-electron chi connectivity index (χ0n) is 10.3. The molecular weight excluding hydrogens is 264 g/mol. The Morgan fingerprint density at radius 2 is 1.94 bits per heavy atom. The summed E-state index contributed by atoms with van der Waals surface area (Å²) in [7, 11) is 0. The topological polar surface area (TPSA) is 38.0 Å². The molecule has 1 aromatic carbocycles. The monoisotopic (exact) mass is 284 g/mol. The van der Waals surface area contributed by atoms with Gasteiger partial charge in [-0.25, -0.2) is 0 Å². The van der Waals surface area contributed by atoms with Gasteiger partial charge in [0.1, 0.15) is 0 Å². The van der Waals surface area contributed by atoms with Gasteiger partial charge in [-0.1, -0.05) is 54.9 Å². The quantitative estimate of drug-likeness (QED) is 0.652. The van der Waals surface area contributed by atoms with Gasteiger partial charge >= 0.3 is 0 Å². The first-order chi connectivity index (χ1) is 7.44. The SMILES string of the molecule is CC(C)(C)CCC(NN)c1ccccc1Br. The lowest BCUT2D eigenvalue weighted by atomic mass is 9.87. The second kappa shape index (κ2) is 5.80. The molecule has 0 spiro atoms. The summed E-state index contributed by atoms with van der Waals surface area (Å²) in [6.45, 7) is 6.75.